The lowest BCUT2D eigenvalue weighted by atomic mass is 10.1. The molecule has 6 heteroatoms. The first-order valence-electron chi connectivity index (χ1n) is 6.63. The highest BCUT2D eigenvalue weighted by atomic mass is 19.1. The van der Waals surface area contributed by atoms with Gasteiger partial charge >= 0.3 is 0 Å². The Morgan fingerprint density at radius 3 is 2.62 bits per heavy atom. The minimum Gasteiger partial charge on any atom is -0.330 e. The maximum Gasteiger partial charge on any atom is 0.205 e. The summed E-state index contributed by atoms with van der Waals surface area (Å²) in [6.07, 6.45) is 0.551. The van der Waals surface area contributed by atoms with Gasteiger partial charge in [-0.1, -0.05) is 42.5 Å². The molecule has 0 saturated heterocycles. The largest absolute Gasteiger partial charge is 0.330 e. The van der Waals surface area contributed by atoms with Crippen LogP contribution in [0.3, 0.4) is 0 Å². The van der Waals surface area contributed by atoms with Gasteiger partial charge in [-0.05, 0) is 29.8 Å². The summed E-state index contributed by atoms with van der Waals surface area (Å²) < 4.78 is 14.1. The third-order valence-electron chi connectivity index (χ3n) is 3.13. The van der Waals surface area contributed by atoms with Crippen LogP contribution in [0.2, 0.25) is 0 Å². The molecule has 106 valence electrons. The highest BCUT2D eigenvalue weighted by molar-refractivity contribution is 5.53. The Morgan fingerprint density at radius 1 is 1.05 bits per heavy atom. The highest BCUT2D eigenvalue weighted by Crippen LogP contribution is 2.19. The Labute approximate surface area is 121 Å². The van der Waals surface area contributed by atoms with Crippen molar-refractivity contribution in [1.82, 2.24) is 20.2 Å². The number of hydrogen-bond donors (Lipinski definition) is 1. The van der Waals surface area contributed by atoms with Crippen molar-refractivity contribution < 1.29 is 4.39 Å². The van der Waals surface area contributed by atoms with Crippen LogP contribution in [-0.2, 0) is 6.42 Å². The minimum absolute atomic E-state index is 0.303. The van der Waals surface area contributed by atoms with E-state index in [-0.39, 0.29) is 0 Å². The van der Waals surface area contributed by atoms with Crippen LogP contribution in [0.1, 0.15) is 5.56 Å². The van der Waals surface area contributed by atoms with E-state index in [2.05, 4.69) is 15.4 Å². The number of benzene rings is 2. The molecule has 0 atom stereocenters. The van der Waals surface area contributed by atoms with Gasteiger partial charge in [0.1, 0.15) is 5.69 Å². The molecule has 0 radical (unpaired) electrons. The number of nitrogens with zero attached hydrogens (tertiary/aromatic N) is 4. The van der Waals surface area contributed by atoms with Crippen molar-refractivity contribution in [3.05, 3.63) is 59.9 Å². The molecular formula is C15H14FN5. The highest BCUT2D eigenvalue weighted by Gasteiger charge is 2.14. The van der Waals surface area contributed by atoms with E-state index in [1.54, 1.807) is 6.07 Å². The van der Waals surface area contributed by atoms with Gasteiger partial charge in [0.05, 0.1) is 0 Å². The predicted octanol–water partition coefficient (Wildman–Crippen LogP) is 1.97. The lowest BCUT2D eigenvalue weighted by molar-refractivity contribution is 0.587. The smallest absolute Gasteiger partial charge is 0.205 e. The second-order valence-corrected chi connectivity index (χ2v) is 4.55. The molecule has 21 heavy (non-hydrogen) atoms. The summed E-state index contributed by atoms with van der Waals surface area (Å²) in [4.78, 5) is 1.22. The van der Waals surface area contributed by atoms with Gasteiger partial charge < -0.3 is 5.73 Å². The van der Waals surface area contributed by atoms with Gasteiger partial charge in [-0.2, -0.15) is 0 Å². The Balaban J connectivity index is 2.04. The molecule has 5 nitrogen and oxygen atoms in total. The molecule has 0 amide bonds. The number of rotatable bonds is 4. The first-order chi connectivity index (χ1) is 10.3. The average molecular weight is 283 g/mol. The van der Waals surface area contributed by atoms with Gasteiger partial charge in [0, 0.05) is 5.56 Å². The fourth-order valence-electron chi connectivity index (χ4n) is 2.15. The van der Waals surface area contributed by atoms with Gasteiger partial charge in [-0.3, -0.25) is 0 Å². The summed E-state index contributed by atoms with van der Waals surface area (Å²) in [5.41, 5.74) is 7.46. The van der Waals surface area contributed by atoms with Gasteiger partial charge in [-0.15, -0.1) is 15.0 Å². The van der Waals surface area contributed by atoms with Crippen molar-refractivity contribution in [1.29, 1.82) is 0 Å². The van der Waals surface area contributed by atoms with E-state index in [0.29, 0.717) is 24.5 Å². The number of tetrazole rings is 1. The van der Waals surface area contributed by atoms with Gasteiger partial charge in [0.2, 0.25) is 5.82 Å². The van der Waals surface area contributed by atoms with Crippen molar-refractivity contribution in [3.63, 3.8) is 0 Å². The second-order valence-electron chi connectivity index (χ2n) is 4.55. The van der Waals surface area contributed by atoms with Crippen molar-refractivity contribution in [2.45, 2.75) is 6.42 Å². The molecule has 1 heterocycles. The quantitative estimate of drug-likeness (QED) is 0.794. The summed E-state index contributed by atoms with van der Waals surface area (Å²) >= 11 is 0. The van der Waals surface area contributed by atoms with E-state index in [1.807, 2.05) is 36.4 Å². The zero-order valence-electron chi connectivity index (χ0n) is 11.3. The molecular weight excluding hydrogens is 269 g/mol. The number of hydrogen-bond acceptors (Lipinski definition) is 4. The molecule has 3 rings (SSSR count). The standard InChI is InChI=1S/C15H14FN5/c16-13-8-4-7-11(9-10-17)14(13)21-19-15(18-20-21)12-5-2-1-3-6-12/h1-8H,9-10,17H2. The van der Waals surface area contributed by atoms with E-state index >= 15 is 0 Å². The Morgan fingerprint density at radius 2 is 1.86 bits per heavy atom. The third-order valence-corrected chi connectivity index (χ3v) is 3.13. The van der Waals surface area contributed by atoms with Crippen LogP contribution in [0.4, 0.5) is 4.39 Å². The molecule has 1 aromatic heterocycles. The lowest BCUT2D eigenvalue weighted by Crippen LogP contribution is -2.10. The normalized spacial score (nSPS) is 10.8. The average Bonchev–Trinajstić information content (AvgIpc) is 2.98. The van der Waals surface area contributed by atoms with Gasteiger partial charge in [0.25, 0.3) is 0 Å². The third kappa shape index (κ3) is 2.66. The first-order valence-corrected chi connectivity index (χ1v) is 6.63. The first kappa shape index (κ1) is 13.4. The second kappa shape index (κ2) is 5.80. The van der Waals surface area contributed by atoms with Crippen LogP contribution in [0.15, 0.2) is 48.5 Å². The molecule has 0 bridgehead atoms. The number of halogens is 1. The minimum atomic E-state index is -0.391. The molecule has 0 unspecified atom stereocenters. The van der Waals surface area contributed by atoms with E-state index < -0.39 is 5.82 Å². The van der Waals surface area contributed by atoms with E-state index in [0.717, 1.165) is 11.1 Å². The van der Waals surface area contributed by atoms with Crippen LogP contribution in [0.25, 0.3) is 17.1 Å². The predicted molar refractivity (Wildman–Crippen MR) is 77.3 cm³/mol. The molecule has 3 aromatic rings. The van der Waals surface area contributed by atoms with Crippen LogP contribution in [0.5, 0.6) is 0 Å². The van der Waals surface area contributed by atoms with E-state index in [9.17, 15) is 4.39 Å². The summed E-state index contributed by atoms with van der Waals surface area (Å²) in [6, 6.07) is 14.3. The number of nitrogens with two attached hydrogens (primary N) is 1. The van der Waals surface area contributed by atoms with Crippen molar-refractivity contribution in [3.8, 4) is 17.1 Å². The lowest BCUT2D eigenvalue weighted by Gasteiger charge is -2.07. The van der Waals surface area contributed by atoms with Crippen molar-refractivity contribution in [2.24, 2.45) is 5.73 Å². The molecule has 0 saturated carbocycles. The molecule has 0 aliphatic carbocycles. The van der Waals surface area contributed by atoms with Gasteiger partial charge in [-0.25, -0.2) is 4.39 Å². The SMILES string of the molecule is NCCc1cccc(F)c1-n1nnc(-c2ccccc2)n1. The monoisotopic (exact) mass is 283 g/mol. The van der Waals surface area contributed by atoms with E-state index in [4.69, 9.17) is 5.73 Å². The number of para-hydroxylation sites is 1. The van der Waals surface area contributed by atoms with Crippen LogP contribution in [0, 0.1) is 5.82 Å². The van der Waals surface area contributed by atoms with E-state index in [1.165, 1.54) is 10.9 Å². The zero-order valence-corrected chi connectivity index (χ0v) is 11.3. The Bertz CT molecular complexity index is 739. The maximum absolute atomic E-state index is 14.1. The summed E-state index contributed by atoms with van der Waals surface area (Å²) in [5.74, 6) is 0.0653. The fraction of sp³-hybridized carbons (Fsp3) is 0.133. The Kier molecular flexibility index (Phi) is 3.70. The maximum atomic E-state index is 14.1. The number of aromatic nitrogens is 4. The molecule has 2 aromatic carbocycles. The Hall–Kier alpha value is -2.60. The van der Waals surface area contributed by atoms with Crippen LogP contribution in [-0.4, -0.2) is 26.8 Å². The molecule has 0 aliphatic heterocycles. The zero-order chi connectivity index (χ0) is 14.7. The molecule has 0 fully saturated rings. The fourth-order valence-corrected chi connectivity index (χ4v) is 2.15. The van der Waals surface area contributed by atoms with Gasteiger partial charge in [0.15, 0.2) is 5.82 Å². The van der Waals surface area contributed by atoms with Crippen molar-refractivity contribution in [2.75, 3.05) is 6.54 Å². The molecule has 0 spiro atoms. The topological polar surface area (TPSA) is 69.6 Å². The summed E-state index contributed by atoms with van der Waals surface area (Å²) in [5, 5.41) is 12.2. The van der Waals surface area contributed by atoms with Crippen molar-refractivity contribution >= 4 is 0 Å². The molecule has 0 aliphatic rings. The summed E-state index contributed by atoms with van der Waals surface area (Å²) in [7, 11) is 0. The van der Waals surface area contributed by atoms with Crippen LogP contribution < -0.4 is 5.73 Å². The molecule has 2 N–H and O–H groups in total. The summed E-state index contributed by atoms with van der Waals surface area (Å²) in [6.45, 7) is 0.427. The van der Waals surface area contributed by atoms with Crippen LogP contribution >= 0.6 is 0 Å².